The van der Waals surface area contributed by atoms with Crippen molar-refractivity contribution >= 4 is 11.7 Å². The SMILES string of the molecule is CCC[C@H](N[C@H]1CCc2cc(F)cc(F)c2C1)C(=O)Nc1cn(-c2ccccc2CNCCOC)cn1. The van der Waals surface area contributed by atoms with Gasteiger partial charge < -0.3 is 25.3 Å². The highest BCUT2D eigenvalue weighted by Crippen LogP contribution is 2.26. The number of hydrogen-bond acceptors (Lipinski definition) is 5. The zero-order valence-corrected chi connectivity index (χ0v) is 21.4. The minimum absolute atomic E-state index is 0.0650. The molecule has 2 aromatic carbocycles. The third kappa shape index (κ3) is 7.00. The van der Waals surface area contributed by atoms with E-state index in [1.807, 2.05) is 35.8 Å². The van der Waals surface area contributed by atoms with E-state index in [1.54, 1.807) is 19.6 Å². The number of ether oxygens (including phenoxy) is 1. The minimum atomic E-state index is -0.546. The first kappa shape index (κ1) is 26.9. The molecule has 0 radical (unpaired) electrons. The number of fused-ring (bicyclic) bond motifs is 1. The predicted molar refractivity (Wildman–Crippen MR) is 140 cm³/mol. The number of para-hydroxylation sites is 1. The highest BCUT2D eigenvalue weighted by atomic mass is 19.1. The van der Waals surface area contributed by atoms with Crippen molar-refractivity contribution in [1.29, 1.82) is 0 Å². The predicted octanol–water partition coefficient (Wildman–Crippen LogP) is 4.14. The van der Waals surface area contributed by atoms with Crippen LogP contribution >= 0.6 is 0 Å². The maximum Gasteiger partial charge on any atom is 0.242 e. The lowest BCUT2D eigenvalue weighted by Crippen LogP contribution is -2.48. The van der Waals surface area contributed by atoms with E-state index < -0.39 is 17.7 Å². The van der Waals surface area contributed by atoms with Gasteiger partial charge in [-0.3, -0.25) is 4.79 Å². The summed E-state index contributed by atoms with van der Waals surface area (Å²) >= 11 is 0. The number of imidazole rings is 1. The average Bonchev–Trinajstić information content (AvgIpc) is 3.35. The number of aryl methyl sites for hydroxylation is 1. The van der Waals surface area contributed by atoms with Crippen molar-refractivity contribution in [2.24, 2.45) is 0 Å². The van der Waals surface area contributed by atoms with E-state index in [0.717, 1.165) is 30.3 Å². The summed E-state index contributed by atoms with van der Waals surface area (Å²) in [6.07, 6.45) is 6.66. The van der Waals surface area contributed by atoms with Crippen molar-refractivity contribution in [3.8, 4) is 5.69 Å². The topological polar surface area (TPSA) is 80.2 Å². The van der Waals surface area contributed by atoms with E-state index in [2.05, 4.69) is 20.9 Å². The second kappa shape index (κ2) is 12.9. The third-order valence-corrected chi connectivity index (χ3v) is 6.70. The van der Waals surface area contributed by atoms with Gasteiger partial charge in [-0.1, -0.05) is 31.5 Å². The molecule has 1 aliphatic carbocycles. The van der Waals surface area contributed by atoms with Crippen LogP contribution in [0, 0.1) is 11.6 Å². The molecule has 0 fully saturated rings. The van der Waals surface area contributed by atoms with Gasteiger partial charge in [0.05, 0.1) is 24.5 Å². The zero-order valence-electron chi connectivity index (χ0n) is 21.4. The van der Waals surface area contributed by atoms with Crippen LogP contribution in [-0.4, -0.2) is 47.8 Å². The third-order valence-electron chi connectivity index (χ3n) is 6.70. The molecule has 3 aromatic rings. The normalized spacial score (nSPS) is 15.8. The number of aromatic nitrogens is 2. The number of anilines is 1. The van der Waals surface area contributed by atoms with Crippen LogP contribution in [0.25, 0.3) is 5.69 Å². The van der Waals surface area contributed by atoms with Crippen molar-refractivity contribution in [3.05, 3.63) is 77.2 Å². The summed E-state index contributed by atoms with van der Waals surface area (Å²) in [4.78, 5) is 17.6. The molecule has 4 rings (SSSR count). The summed E-state index contributed by atoms with van der Waals surface area (Å²) in [6, 6.07) is 9.85. The number of hydrogen-bond donors (Lipinski definition) is 3. The molecule has 2 atom stereocenters. The van der Waals surface area contributed by atoms with Crippen LogP contribution in [0.3, 0.4) is 0 Å². The quantitative estimate of drug-likeness (QED) is 0.319. The van der Waals surface area contributed by atoms with Gasteiger partial charge in [-0.15, -0.1) is 0 Å². The molecule has 0 bridgehead atoms. The maximum absolute atomic E-state index is 14.3. The van der Waals surface area contributed by atoms with Crippen LogP contribution in [0.4, 0.5) is 14.6 Å². The van der Waals surface area contributed by atoms with E-state index in [4.69, 9.17) is 4.74 Å². The van der Waals surface area contributed by atoms with Gasteiger partial charge in [0.25, 0.3) is 0 Å². The Morgan fingerprint density at radius 1 is 1.27 bits per heavy atom. The van der Waals surface area contributed by atoms with E-state index in [0.29, 0.717) is 55.8 Å². The standard InChI is InChI=1S/C28H35F2N5O2/c1-3-6-25(33-22-10-9-19-13-21(29)14-24(30)23(19)15-22)28(36)34-27-17-35(18-32-27)26-8-5-4-7-20(26)16-31-11-12-37-2/h4-5,7-8,13-14,17-18,22,25,31,33H,3,6,9-12,15-16H2,1-2H3,(H,34,36)/t22-,25-/m0/s1. The first-order valence-corrected chi connectivity index (χ1v) is 12.8. The largest absolute Gasteiger partial charge is 0.383 e. The van der Waals surface area contributed by atoms with Crippen molar-refractivity contribution in [2.45, 2.75) is 57.7 Å². The fourth-order valence-electron chi connectivity index (χ4n) is 4.83. The Morgan fingerprint density at radius 2 is 2.11 bits per heavy atom. The molecular formula is C28H35F2N5O2. The Hall–Kier alpha value is -3.14. The van der Waals surface area contributed by atoms with Crippen LogP contribution in [-0.2, 0) is 28.9 Å². The van der Waals surface area contributed by atoms with Crippen LogP contribution in [0.1, 0.15) is 42.9 Å². The molecule has 0 saturated heterocycles. The molecule has 3 N–H and O–H groups in total. The monoisotopic (exact) mass is 511 g/mol. The number of methoxy groups -OCH3 is 1. The number of carbonyl (C=O) groups excluding carboxylic acids is 1. The number of carbonyl (C=O) groups is 1. The number of rotatable bonds is 12. The lowest BCUT2D eigenvalue weighted by Gasteiger charge is -2.29. The number of amides is 1. The van der Waals surface area contributed by atoms with Crippen LogP contribution in [0.5, 0.6) is 0 Å². The van der Waals surface area contributed by atoms with Gasteiger partial charge in [0.1, 0.15) is 18.0 Å². The molecule has 0 aliphatic heterocycles. The van der Waals surface area contributed by atoms with Crippen molar-refractivity contribution in [2.75, 3.05) is 25.6 Å². The van der Waals surface area contributed by atoms with Crippen LogP contribution in [0.15, 0.2) is 48.9 Å². The Morgan fingerprint density at radius 3 is 2.92 bits per heavy atom. The number of halogens is 2. The molecule has 0 spiro atoms. The fraction of sp³-hybridized carbons (Fsp3) is 0.429. The van der Waals surface area contributed by atoms with Gasteiger partial charge in [0, 0.05) is 32.3 Å². The number of nitrogens with zero attached hydrogens (tertiary/aromatic N) is 2. The summed E-state index contributed by atoms with van der Waals surface area (Å²) in [7, 11) is 1.67. The summed E-state index contributed by atoms with van der Waals surface area (Å²) in [6.45, 7) is 4.09. The van der Waals surface area contributed by atoms with E-state index in [1.165, 1.54) is 6.07 Å². The second-order valence-electron chi connectivity index (χ2n) is 9.43. The molecular weight excluding hydrogens is 476 g/mol. The van der Waals surface area contributed by atoms with Gasteiger partial charge in [0.15, 0.2) is 5.82 Å². The van der Waals surface area contributed by atoms with Gasteiger partial charge in [0.2, 0.25) is 5.91 Å². The Balaban J connectivity index is 1.40. The highest BCUT2D eigenvalue weighted by molar-refractivity contribution is 5.94. The molecule has 198 valence electrons. The van der Waals surface area contributed by atoms with Crippen molar-refractivity contribution < 1.29 is 18.3 Å². The lowest BCUT2D eigenvalue weighted by molar-refractivity contribution is -0.118. The summed E-state index contributed by atoms with van der Waals surface area (Å²) in [5, 5.41) is 9.70. The maximum atomic E-state index is 14.3. The van der Waals surface area contributed by atoms with Gasteiger partial charge in [-0.25, -0.2) is 13.8 Å². The van der Waals surface area contributed by atoms with Crippen LogP contribution in [0.2, 0.25) is 0 Å². The minimum Gasteiger partial charge on any atom is -0.383 e. The summed E-state index contributed by atoms with van der Waals surface area (Å²) < 4.78 is 34.9. The van der Waals surface area contributed by atoms with Gasteiger partial charge >= 0.3 is 0 Å². The number of benzene rings is 2. The summed E-state index contributed by atoms with van der Waals surface area (Å²) in [5.74, 6) is -0.773. The number of nitrogens with one attached hydrogen (secondary N) is 3. The molecule has 1 amide bonds. The van der Waals surface area contributed by atoms with Crippen molar-refractivity contribution in [3.63, 3.8) is 0 Å². The van der Waals surface area contributed by atoms with Gasteiger partial charge in [-0.2, -0.15) is 0 Å². The molecule has 1 heterocycles. The second-order valence-corrected chi connectivity index (χ2v) is 9.43. The highest BCUT2D eigenvalue weighted by Gasteiger charge is 2.27. The van der Waals surface area contributed by atoms with E-state index in [-0.39, 0.29) is 11.9 Å². The lowest BCUT2D eigenvalue weighted by atomic mass is 9.87. The first-order chi connectivity index (χ1) is 18.0. The molecule has 1 aliphatic rings. The molecule has 1 aromatic heterocycles. The molecule has 9 heteroatoms. The Kier molecular flexibility index (Phi) is 9.38. The van der Waals surface area contributed by atoms with Crippen LogP contribution < -0.4 is 16.0 Å². The molecule has 37 heavy (non-hydrogen) atoms. The Bertz CT molecular complexity index is 1200. The Labute approximate surface area is 216 Å². The first-order valence-electron chi connectivity index (χ1n) is 12.8. The fourth-order valence-corrected chi connectivity index (χ4v) is 4.83. The zero-order chi connectivity index (χ0) is 26.2. The smallest absolute Gasteiger partial charge is 0.242 e. The van der Waals surface area contributed by atoms with Gasteiger partial charge in [-0.05, 0) is 54.5 Å². The van der Waals surface area contributed by atoms with E-state index >= 15 is 0 Å². The molecule has 0 unspecified atom stereocenters. The summed E-state index contributed by atoms with van der Waals surface area (Å²) in [5.41, 5.74) is 3.33. The van der Waals surface area contributed by atoms with E-state index in [9.17, 15) is 13.6 Å². The molecule has 7 nitrogen and oxygen atoms in total. The average molecular weight is 512 g/mol. The molecule has 0 saturated carbocycles. The van der Waals surface area contributed by atoms with Crippen molar-refractivity contribution in [1.82, 2.24) is 20.2 Å².